The minimum absolute atomic E-state index is 0.182. The molecule has 2 rings (SSSR count). The van der Waals surface area contributed by atoms with Gasteiger partial charge in [0.25, 0.3) is 0 Å². The van der Waals surface area contributed by atoms with Crippen LogP contribution in [-0.4, -0.2) is 42.8 Å². The lowest BCUT2D eigenvalue weighted by Gasteiger charge is -2.48. The molecule has 0 aromatic heterocycles. The normalized spacial score (nSPS) is 28.0. The van der Waals surface area contributed by atoms with Gasteiger partial charge in [-0.25, -0.2) is 0 Å². The number of hydrogen-bond donors (Lipinski definition) is 1. The molecule has 2 fully saturated rings. The summed E-state index contributed by atoms with van der Waals surface area (Å²) in [6.45, 7) is 10.7. The molecule has 106 valence electrons. The topological polar surface area (TPSA) is 38.5 Å². The predicted molar refractivity (Wildman–Crippen MR) is 75.6 cm³/mol. The molecule has 2 atom stereocenters. The van der Waals surface area contributed by atoms with Gasteiger partial charge in [-0.15, -0.1) is 0 Å². The standard InChI is InChI=1S/C15H30N2O/c1-4-15(11-16,13-7-8-18-10-13)17(9-12(2)3)14-5-6-14/h12-14H,4-11,16H2,1-3H3. The van der Waals surface area contributed by atoms with E-state index in [1.807, 2.05) is 0 Å². The maximum atomic E-state index is 6.24. The Labute approximate surface area is 112 Å². The number of nitrogens with two attached hydrogens (primary N) is 1. The van der Waals surface area contributed by atoms with E-state index >= 15 is 0 Å². The molecule has 3 nitrogen and oxygen atoms in total. The largest absolute Gasteiger partial charge is 0.381 e. The van der Waals surface area contributed by atoms with Crippen LogP contribution < -0.4 is 5.73 Å². The highest BCUT2D eigenvalue weighted by molar-refractivity contribution is 5.03. The number of hydrogen-bond acceptors (Lipinski definition) is 3. The minimum Gasteiger partial charge on any atom is -0.381 e. The molecule has 0 amide bonds. The van der Waals surface area contributed by atoms with E-state index in [4.69, 9.17) is 10.5 Å². The highest BCUT2D eigenvalue weighted by Gasteiger charge is 2.48. The third kappa shape index (κ3) is 2.73. The highest BCUT2D eigenvalue weighted by Crippen LogP contribution is 2.41. The summed E-state index contributed by atoms with van der Waals surface area (Å²) in [5.74, 6) is 1.34. The lowest BCUT2D eigenvalue weighted by atomic mass is 9.78. The first-order chi connectivity index (χ1) is 8.64. The van der Waals surface area contributed by atoms with Crippen molar-refractivity contribution in [2.24, 2.45) is 17.6 Å². The van der Waals surface area contributed by atoms with Gasteiger partial charge in [0.15, 0.2) is 0 Å². The Balaban J connectivity index is 2.18. The summed E-state index contributed by atoms with van der Waals surface area (Å²) in [6.07, 6.45) is 5.07. The molecule has 1 saturated heterocycles. The fourth-order valence-electron chi connectivity index (χ4n) is 3.59. The zero-order valence-electron chi connectivity index (χ0n) is 12.3. The first-order valence-corrected chi connectivity index (χ1v) is 7.68. The van der Waals surface area contributed by atoms with Gasteiger partial charge in [0.2, 0.25) is 0 Å². The lowest BCUT2D eigenvalue weighted by Crippen LogP contribution is -2.60. The molecule has 1 heterocycles. The maximum Gasteiger partial charge on any atom is 0.0513 e. The summed E-state index contributed by atoms with van der Waals surface area (Å²) in [5, 5.41) is 0. The van der Waals surface area contributed by atoms with Crippen molar-refractivity contribution in [3.05, 3.63) is 0 Å². The zero-order valence-corrected chi connectivity index (χ0v) is 12.3. The molecule has 3 heteroatoms. The van der Waals surface area contributed by atoms with Crippen LogP contribution >= 0.6 is 0 Å². The summed E-state index contributed by atoms with van der Waals surface area (Å²) in [6, 6.07) is 0.788. The van der Waals surface area contributed by atoms with Crippen molar-refractivity contribution < 1.29 is 4.74 Å². The predicted octanol–water partition coefficient (Wildman–Crippen LogP) is 2.25. The minimum atomic E-state index is 0.182. The molecule has 0 spiro atoms. The Morgan fingerprint density at radius 2 is 2.06 bits per heavy atom. The quantitative estimate of drug-likeness (QED) is 0.757. The number of ether oxygens (including phenoxy) is 1. The van der Waals surface area contributed by atoms with Crippen LogP contribution in [0.15, 0.2) is 0 Å². The number of nitrogens with zero attached hydrogens (tertiary/aromatic N) is 1. The molecule has 2 aliphatic rings. The monoisotopic (exact) mass is 254 g/mol. The molecule has 1 aliphatic carbocycles. The second-order valence-electron chi connectivity index (χ2n) is 6.50. The summed E-state index contributed by atoms with van der Waals surface area (Å²) in [4.78, 5) is 2.75. The molecule has 0 radical (unpaired) electrons. The number of rotatable bonds is 7. The van der Waals surface area contributed by atoms with E-state index in [0.717, 1.165) is 32.2 Å². The molecule has 0 bridgehead atoms. The van der Waals surface area contributed by atoms with Gasteiger partial charge < -0.3 is 10.5 Å². The molecule has 1 saturated carbocycles. The van der Waals surface area contributed by atoms with Crippen LogP contribution in [0.4, 0.5) is 0 Å². The van der Waals surface area contributed by atoms with Crippen molar-refractivity contribution in [3.63, 3.8) is 0 Å². The Bertz CT molecular complexity index is 253. The van der Waals surface area contributed by atoms with Crippen LogP contribution in [0.3, 0.4) is 0 Å². The van der Waals surface area contributed by atoms with E-state index in [0.29, 0.717) is 11.8 Å². The SMILES string of the molecule is CCC(CN)(C1CCOC1)N(CC(C)C)C1CC1. The average molecular weight is 254 g/mol. The Morgan fingerprint density at radius 3 is 2.44 bits per heavy atom. The molecule has 2 unspecified atom stereocenters. The highest BCUT2D eigenvalue weighted by atomic mass is 16.5. The van der Waals surface area contributed by atoms with E-state index in [9.17, 15) is 0 Å². The van der Waals surface area contributed by atoms with Crippen molar-refractivity contribution in [2.45, 2.75) is 58.0 Å². The Morgan fingerprint density at radius 1 is 1.33 bits per heavy atom. The fraction of sp³-hybridized carbons (Fsp3) is 1.00. The first-order valence-electron chi connectivity index (χ1n) is 7.68. The van der Waals surface area contributed by atoms with Gasteiger partial charge in [-0.05, 0) is 31.6 Å². The van der Waals surface area contributed by atoms with E-state index in [-0.39, 0.29) is 5.54 Å². The van der Waals surface area contributed by atoms with E-state index in [2.05, 4.69) is 25.7 Å². The first kappa shape index (κ1) is 14.3. The summed E-state index contributed by atoms with van der Waals surface area (Å²) < 4.78 is 5.64. The summed E-state index contributed by atoms with van der Waals surface area (Å²) in [5.41, 5.74) is 6.43. The van der Waals surface area contributed by atoms with Crippen LogP contribution in [0.25, 0.3) is 0 Å². The maximum absolute atomic E-state index is 6.24. The molecule has 1 aliphatic heterocycles. The zero-order chi connectivity index (χ0) is 13.2. The van der Waals surface area contributed by atoms with Crippen molar-refractivity contribution in [1.29, 1.82) is 0 Å². The second-order valence-corrected chi connectivity index (χ2v) is 6.50. The van der Waals surface area contributed by atoms with Crippen LogP contribution in [0.1, 0.15) is 46.5 Å². The third-order valence-corrected chi connectivity index (χ3v) is 4.78. The Hall–Kier alpha value is -0.120. The average Bonchev–Trinajstić information content (AvgIpc) is 3.05. The van der Waals surface area contributed by atoms with Crippen LogP contribution in [0.5, 0.6) is 0 Å². The van der Waals surface area contributed by atoms with Gasteiger partial charge in [-0.2, -0.15) is 0 Å². The second kappa shape index (κ2) is 5.89. The van der Waals surface area contributed by atoms with Gasteiger partial charge >= 0.3 is 0 Å². The molecular weight excluding hydrogens is 224 g/mol. The van der Waals surface area contributed by atoms with Crippen LogP contribution in [-0.2, 0) is 4.74 Å². The lowest BCUT2D eigenvalue weighted by molar-refractivity contribution is 0.0118. The van der Waals surface area contributed by atoms with Crippen molar-refractivity contribution >= 4 is 0 Å². The fourth-order valence-corrected chi connectivity index (χ4v) is 3.59. The van der Waals surface area contributed by atoms with Gasteiger partial charge in [-0.3, -0.25) is 4.90 Å². The van der Waals surface area contributed by atoms with Gasteiger partial charge in [0.05, 0.1) is 6.61 Å². The smallest absolute Gasteiger partial charge is 0.0513 e. The molecular formula is C15H30N2O. The van der Waals surface area contributed by atoms with Crippen molar-refractivity contribution in [3.8, 4) is 0 Å². The van der Waals surface area contributed by atoms with Crippen LogP contribution in [0, 0.1) is 11.8 Å². The van der Waals surface area contributed by atoms with Gasteiger partial charge in [-0.1, -0.05) is 20.8 Å². The van der Waals surface area contributed by atoms with Crippen molar-refractivity contribution in [2.75, 3.05) is 26.3 Å². The van der Waals surface area contributed by atoms with Gasteiger partial charge in [0, 0.05) is 37.2 Å². The third-order valence-electron chi connectivity index (χ3n) is 4.78. The van der Waals surface area contributed by atoms with E-state index < -0.39 is 0 Å². The van der Waals surface area contributed by atoms with E-state index in [1.54, 1.807) is 0 Å². The van der Waals surface area contributed by atoms with Crippen LogP contribution in [0.2, 0.25) is 0 Å². The summed E-state index contributed by atoms with van der Waals surface area (Å²) in [7, 11) is 0. The molecule has 18 heavy (non-hydrogen) atoms. The van der Waals surface area contributed by atoms with E-state index in [1.165, 1.54) is 25.8 Å². The van der Waals surface area contributed by atoms with Gasteiger partial charge in [0.1, 0.15) is 0 Å². The molecule has 0 aromatic rings. The summed E-state index contributed by atoms with van der Waals surface area (Å²) >= 11 is 0. The molecule has 2 N–H and O–H groups in total. The molecule has 0 aromatic carbocycles. The Kier molecular flexibility index (Phi) is 4.68. The van der Waals surface area contributed by atoms with Crippen molar-refractivity contribution in [1.82, 2.24) is 4.90 Å².